The molecule has 6 aromatic carbocycles. The van der Waals surface area contributed by atoms with Crippen LogP contribution in [0.4, 0.5) is 0 Å². The summed E-state index contributed by atoms with van der Waals surface area (Å²) in [6.45, 7) is 0.917. The molecule has 0 bridgehead atoms. The molecule has 0 aliphatic carbocycles. The van der Waals surface area contributed by atoms with E-state index in [-0.39, 0.29) is 26.4 Å². The van der Waals surface area contributed by atoms with Gasteiger partial charge in [0.1, 0.15) is 24.7 Å². The highest BCUT2D eigenvalue weighted by Crippen LogP contribution is 2.35. The first-order chi connectivity index (χ1) is 26.1. The molecule has 53 heavy (non-hydrogen) atoms. The maximum atomic E-state index is 11.5. The van der Waals surface area contributed by atoms with E-state index in [1.165, 1.54) is 0 Å². The quantitative estimate of drug-likeness (QED) is 0.0737. The van der Waals surface area contributed by atoms with Crippen LogP contribution in [0.15, 0.2) is 170 Å². The highest BCUT2D eigenvalue weighted by molar-refractivity contribution is 5.45. The maximum Gasteiger partial charge on any atom is 0.344 e. The Morgan fingerprint density at radius 3 is 0.981 bits per heavy atom. The molecule has 0 N–H and O–H groups in total. The lowest BCUT2D eigenvalue weighted by molar-refractivity contribution is 0.00927. The van der Waals surface area contributed by atoms with Crippen LogP contribution in [0.5, 0.6) is 11.5 Å². The van der Waals surface area contributed by atoms with Crippen LogP contribution in [0.25, 0.3) is 10.0 Å². The third-order valence-electron chi connectivity index (χ3n) is 8.72. The Kier molecular flexibility index (Phi) is 12.4. The first-order valence-corrected chi connectivity index (χ1v) is 17.3. The Morgan fingerprint density at radius 1 is 0.396 bits per heavy atom. The van der Waals surface area contributed by atoms with Crippen molar-refractivity contribution in [3.05, 3.63) is 224 Å². The number of nitrogens with zero attached hydrogens (tertiary/aromatic N) is 2. The predicted octanol–water partition coefficient (Wildman–Crippen LogP) is 9.62. The lowest BCUT2D eigenvalue weighted by Gasteiger charge is -2.25. The third kappa shape index (κ3) is 9.02. The Hall–Kier alpha value is -6.58. The van der Waals surface area contributed by atoms with Crippen LogP contribution in [0.1, 0.15) is 33.4 Å². The van der Waals surface area contributed by atoms with Crippen molar-refractivity contribution >= 4 is 0 Å². The molecule has 8 heteroatoms. The van der Waals surface area contributed by atoms with E-state index in [0.717, 1.165) is 39.8 Å². The van der Waals surface area contributed by atoms with Gasteiger partial charge < -0.3 is 29.4 Å². The molecule has 0 saturated carbocycles. The van der Waals surface area contributed by atoms with E-state index < -0.39 is 11.2 Å². The minimum absolute atomic E-state index is 0.197. The molecule has 0 radical (unpaired) electrons. The maximum absolute atomic E-state index is 11.5. The molecule has 0 heterocycles. The molecule has 0 aliphatic heterocycles. The zero-order chi connectivity index (χ0) is 36.6. The molecule has 264 valence electrons. The fraction of sp³-hybridized carbons (Fsp3) is 0.156. The highest BCUT2D eigenvalue weighted by Gasteiger charge is 2.41. The van der Waals surface area contributed by atoms with Gasteiger partial charge in [-0.25, -0.2) is 0 Å². The van der Waals surface area contributed by atoms with Gasteiger partial charge in [-0.1, -0.05) is 146 Å². The molecule has 0 unspecified atom stereocenters. The molecule has 0 saturated heterocycles. The van der Waals surface area contributed by atoms with Gasteiger partial charge in [0.15, 0.2) is 0 Å². The monoisotopic (exact) mass is 702 g/mol. The minimum Gasteiger partial charge on any atom is -0.498 e. The summed E-state index contributed by atoms with van der Waals surface area (Å²) in [4.78, 5) is 0. The second-order valence-electron chi connectivity index (χ2n) is 12.1. The molecule has 0 aromatic heterocycles. The number of hydrogen-bond acceptors (Lipinski definition) is 6. The summed E-state index contributed by atoms with van der Waals surface area (Å²) in [7, 11) is 0. The van der Waals surface area contributed by atoms with Gasteiger partial charge in [0.2, 0.25) is 0 Å². The van der Waals surface area contributed by atoms with Gasteiger partial charge in [0, 0.05) is 32.3 Å². The summed E-state index contributed by atoms with van der Waals surface area (Å²) in [5, 5.41) is 29.0. The molecule has 8 nitrogen and oxygen atoms in total. The molecular formula is C45H38N2O6. The number of ether oxygens (including phenoxy) is 4. The van der Waals surface area contributed by atoms with E-state index in [0.29, 0.717) is 11.5 Å². The zero-order valence-electron chi connectivity index (χ0n) is 29.0. The Balaban J connectivity index is 0.999. The van der Waals surface area contributed by atoms with Crippen molar-refractivity contribution in [3.63, 3.8) is 0 Å². The van der Waals surface area contributed by atoms with Crippen molar-refractivity contribution in [2.45, 2.75) is 17.6 Å². The van der Waals surface area contributed by atoms with Gasteiger partial charge in [0.25, 0.3) is 11.2 Å². The molecule has 6 rings (SSSR count). The summed E-state index contributed by atoms with van der Waals surface area (Å²) in [5.74, 6) is 1.41. The number of hydrogen-bond donors (Lipinski definition) is 0. The fourth-order valence-electron chi connectivity index (χ4n) is 6.16. The number of rotatable bonds is 16. The van der Waals surface area contributed by atoms with Crippen molar-refractivity contribution in [1.29, 1.82) is 0 Å². The molecule has 0 aliphatic rings. The van der Waals surface area contributed by atoms with E-state index in [4.69, 9.17) is 18.9 Å². The molecule has 0 atom stereocenters. The first-order valence-electron chi connectivity index (χ1n) is 17.3. The molecule has 0 spiro atoms. The molecular weight excluding hydrogens is 665 g/mol. The average Bonchev–Trinajstić information content (AvgIpc) is 3.23. The SMILES string of the molecule is [O-][N+]#CC(OCCOc1ccc(Cc2ccc(OCCOC(C#[N+][O-])(c3ccccc3)c3ccccc3)cc2)cc1)(c1ccccc1)c1ccccc1. The van der Waals surface area contributed by atoms with Crippen molar-refractivity contribution in [2.24, 2.45) is 0 Å². The van der Waals surface area contributed by atoms with E-state index >= 15 is 0 Å². The van der Waals surface area contributed by atoms with Crippen LogP contribution in [-0.2, 0) is 27.1 Å². The van der Waals surface area contributed by atoms with E-state index in [1.54, 1.807) is 0 Å². The average molecular weight is 703 g/mol. The van der Waals surface area contributed by atoms with Crippen LogP contribution in [0.3, 0.4) is 0 Å². The van der Waals surface area contributed by atoms with Crippen LogP contribution in [-0.4, -0.2) is 26.4 Å². The van der Waals surface area contributed by atoms with Crippen LogP contribution < -0.4 is 9.47 Å². The predicted molar refractivity (Wildman–Crippen MR) is 207 cm³/mol. The van der Waals surface area contributed by atoms with E-state index in [9.17, 15) is 10.4 Å². The lowest BCUT2D eigenvalue weighted by atomic mass is 9.87. The lowest BCUT2D eigenvalue weighted by Crippen LogP contribution is -2.31. The number of benzene rings is 6. The van der Waals surface area contributed by atoms with Crippen molar-refractivity contribution < 1.29 is 18.9 Å². The summed E-state index contributed by atoms with van der Waals surface area (Å²) >= 11 is 0. The summed E-state index contributed by atoms with van der Waals surface area (Å²) in [6, 6.07) is 59.0. The zero-order valence-corrected chi connectivity index (χ0v) is 29.0. The minimum atomic E-state index is -1.26. The third-order valence-corrected chi connectivity index (χ3v) is 8.72. The van der Waals surface area contributed by atoms with E-state index in [1.807, 2.05) is 170 Å². The van der Waals surface area contributed by atoms with Crippen LogP contribution >= 0.6 is 0 Å². The van der Waals surface area contributed by atoms with Gasteiger partial charge in [-0.05, 0) is 41.8 Å². The topological polar surface area (TPSA) is 91.8 Å². The largest absolute Gasteiger partial charge is 0.498 e. The van der Waals surface area contributed by atoms with Gasteiger partial charge in [-0.15, -0.1) is 0 Å². The second-order valence-corrected chi connectivity index (χ2v) is 12.1. The summed E-state index contributed by atoms with van der Waals surface area (Å²) < 4.78 is 24.6. The Bertz CT molecular complexity index is 1890. The van der Waals surface area contributed by atoms with Gasteiger partial charge in [-0.2, -0.15) is 0 Å². The Labute approximate surface area is 309 Å². The van der Waals surface area contributed by atoms with Crippen LogP contribution in [0, 0.1) is 22.6 Å². The fourth-order valence-corrected chi connectivity index (χ4v) is 6.16. The van der Waals surface area contributed by atoms with Crippen molar-refractivity contribution in [1.82, 2.24) is 0 Å². The van der Waals surface area contributed by atoms with Gasteiger partial charge in [0.05, 0.1) is 13.2 Å². The molecule has 0 amide bonds. The van der Waals surface area contributed by atoms with E-state index in [2.05, 4.69) is 22.2 Å². The highest BCUT2D eigenvalue weighted by atomic mass is 16.5. The Morgan fingerprint density at radius 2 is 0.698 bits per heavy atom. The van der Waals surface area contributed by atoms with Crippen LogP contribution in [0.2, 0.25) is 0 Å². The molecule has 6 aromatic rings. The van der Waals surface area contributed by atoms with Gasteiger partial charge >= 0.3 is 12.1 Å². The standard InChI is InChI=1S/C45H38N2O6/c48-46-34-44(38-13-5-1-6-14-38,39-15-7-2-8-16-39)52-31-29-50-42-25-21-36(22-26-42)33-37-23-27-43(28-24-37)51-30-32-53-45(35-47-49,40-17-9-3-10-18-40)41-19-11-4-12-20-41/h1-28H,29-33H2. The van der Waals surface area contributed by atoms with Crippen molar-refractivity contribution in [3.8, 4) is 23.6 Å². The van der Waals surface area contributed by atoms with Gasteiger partial charge in [-0.3, -0.25) is 0 Å². The first kappa shape index (κ1) is 36.2. The normalized spacial score (nSPS) is 11.0. The summed E-state index contributed by atoms with van der Waals surface area (Å²) in [6.07, 6.45) is 0.731. The molecule has 0 fully saturated rings. The smallest absolute Gasteiger partial charge is 0.344 e. The van der Waals surface area contributed by atoms with Crippen molar-refractivity contribution in [2.75, 3.05) is 26.4 Å². The second kappa shape index (κ2) is 18.1. The summed E-state index contributed by atoms with van der Waals surface area (Å²) in [5.41, 5.74) is 2.73.